The van der Waals surface area contributed by atoms with E-state index >= 15 is 0 Å². The molecule has 1 saturated heterocycles. The molecule has 150 valence electrons. The Morgan fingerprint density at radius 1 is 1.22 bits per heavy atom. The third-order valence-corrected chi connectivity index (χ3v) is 5.44. The minimum absolute atomic E-state index is 0.319. The van der Waals surface area contributed by atoms with Crippen LogP contribution in [0.25, 0.3) is 0 Å². The normalized spacial score (nSPS) is 21.8. The molecule has 27 heavy (non-hydrogen) atoms. The Labute approximate surface area is 156 Å². The highest BCUT2D eigenvalue weighted by Crippen LogP contribution is 2.38. The zero-order valence-electron chi connectivity index (χ0n) is 15.6. The molecule has 1 aromatic carbocycles. The summed E-state index contributed by atoms with van der Waals surface area (Å²) in [6.07, 6.45) is -4.09. The van der Waals surface area contributed by atoms with Crippen molar-refractivity contribution in [2.45, 2.75) is 44.8 Å². The fraction of sp³-hybridized carbons (Fsp3) is 0.579. The molecule has 5 nitrogen and oxygen atoms in total. The number of carbonyl (C=O) groups excluding carboxylic acids is 1. The van der Waals surface area contributed by atoms with E-state index in [-0.39, 0.29) is 6.04 Å². The molecule has 3 atom stereocenters. The van der Waals surface area contributed by atoms with E-state index in [2.05, 4.69) is 5.32 Å². The van der Waals surface area contributed by atoms with Crippen LogP contribution in [-0.4, -0.2) is 47.3 Å². The van der Waals surface area contributed by atoms with Crippen LogP contribution in [0.5, 0.6) is 0 Å². The molecule has 2 N–H and O–H groups in total. The highest BCUT2D eigenvalue weighted by Gasteiger charge is 2.53. The molecule has 1 aliphatic heterocycles. The number of likely N-dealkylation sites (tertiary alicyclic amines) is 1. The highest BCUT2D eigenvalue weighted by molar-refractivity contribution is 5.78. The molecule has 0 radical (unpaired) electrons. The van der Waals surface area contributed by atoms with Gasteiger partial charge < -0.3 is 15.3 Å². The SMILES string of the molecule is CCC(NC(=O)N1C[C@@H](C(F)(F)F)[C@H](C(=O)O)C1)C(C)(C)c1ccccc1. The number of amides is 2. The van der Waals surface area contributed by atoms with E-state index in [9.17, 15) is 22.8 Å². The van der Waals surface area contributed by atoms with Gasteiger partial charge >= 0.3 is 18.2 Å². The quantitative estimate of drug-likeness (QED) is 0.812. The van der Waals surface area contributed by atoms with Crippen LogP contribution < -0.4 is 5.32 Å². The molecule has 2 rings (SSSR count). The van der Waals surface area contributed by atoms with E-state index in [1.165, 1.54) is 0 Å². The Balaban J connectivity index is 2.14. The molecular weight excluding hydrogens is 361 g/mol. The van der Waals surface area contributed by atoms with E-state index < -0.39 is 48.5 Å². The van der Waals surface area contributed by atoms with Crippen molar-refractivity contribution in [2.24, 2.45) is 11.8 Å². The number of hydrogen-bond donors (Lipinski definition) is 2. The first-order valence-electron chi connectivity index (χ1n) is 8.89. The Kier molecular flexibility index (Phi) is 6.07. The van der Waals surface area contributed by atoms with Crippen LogP contribution in [-0.2, 0) is 10.2 Å². The molecule has 0 aromatic heterocycles. The number of carboxylic acid groups (broad SMARTS) is 1. The summed E-state index contributed by atoms with van der Waals surface area (Å²) >= 11 is 0. The Hall–Kier alpha value is -2.25. The maximum Gasteiger partial charge on any atom is 0.394 e. The van der Waals surface area contributed by atoms with Crippen LogP contribution in [0.1, 0.15) is 32.8 Å². The molecular formula is C19H25F3N2O3. The lowest BCUT2D eigenvalue weighted by Crippen LogP contribution is -2.51. The molecule has 1 aliphatic rings. The highest BCUT2D eigenvalue weighted by atomic mass is 19.4. The van der Waals surface area contributed by atoms with Gasteiger partial charge in [0.2, 0.25) is 0 Å². The summed E-state index contributed by atoms with van der Waals surface area (Å²) in [6.45, 7) is 4.71. The number of hydrogen-bond acceptors (Lipinski definition) is 2. The smallest absolute Gasteiger partial charge is 0.394 e. The van der Waals surface area contributed by atoms with Crippen LogP contribution in [0.15, 0.2) is 30.3 Å². The van der Waals surface area contributed by atoms with E-state index in [0.717, 1.165) is 10.5 Å². The van der Waals surface area contributed by atoms with Gasteiger partial charge in [0.15, 0.2) is 0 Å². The summed E-state index contributed by atoms with van der Waals surface area (Å²) < 4.78 is 39.4. The minimum atomic E-state index is -4.66. The lowest BCUT2D eigenvalue weighted by molar-refractivity contribution is -0.187. The monoisotopic (exact) mass is 386 g/mol. The van der Waals surface area contributed by atoms with Crippen molar-refractivity contribution < 1.29 is 27.9 Å². The number of urea groups is 1. The number of alkyl halides is 3. The van der Waals surface area contributed by atoms with Crippen molar-refractivity contribution >= 4 is 12.0 Å². The standard InChI is InChI=1S/C19H25F3N2O3/c1-4-15(18(2,3)12-8-6-5-7-9-12)23-17(27)24-10-13(16(25)26)14(11-24)19(20,21)22/h5-9,13-15H,4,10-11H2,1-3H3,(H,23,27)(H,25,26)/t13-,14-,15?/m1/s1. The molecule has 2 amide bonds. The van der Waals surface area contributed by atoms with Crippen molar-refractivity contribution in [1.82, 2.24) is 10.2 Å². The zero-order valence-corrected chi connectivity index (χ0v) is 15.6. The first-order chi connectivity index (χ1) is 12.5. The maximum atomic E-state index is 13.1. The summed E-state index contributed by atoms with van der Waals surface area (Å²) in [6, 6.07) is 8.54. The predicted molar refractivity (Wildman–Crippen MR) is 94.3 cm³/mol. The fourth-order valence-corrected chi connectivity index (χ4v) is 3.65. The molecule has 0 bridgehead atoms. The number of benzene rings is 1. The van der Waals surface area contributed by atoms with Crippen molar-refractivity contribution in [3.8, 4) is 0 Å². The van der Waals surface area contributed by atoms with Gasteiger partial charge in [-0.2, -0.15) is 13.2 Å². The molecule has 0 spiro atoms. The number of aliphatic carboxylic acids is 1. The summed E-state index contributed by atoms with van der Waals surface area (Å²) in [7, 11) is 0. The third-order valence-electron chi connectivity index (χ3n) is 5.44. The van der Waals surface area contributed by atoms with Gasteiger partial charge in [0.05, 0.1) is 11.8 Å². The summed E-state index contributed by atoms with van der Waals surface area (Å²) in [5.41, 5.74) is 0.552. The van der Waals surface area contributed by atoms with Crippen molar-refractivity contribution in [3.63, 3.8) is 0 Å². The topological polar surface area (TPSA) is 69.6 Å². The van der Waals surface area contributed by atoms with E-state index in [4.69, 9.17) is 5.11 Å². The first kappa shape index (κ1) is 21.1. The third kappa shape index (κ3) is 4.54. The molecule has 1 aromatic rings. The van der Waals surface area contributed by atoms with Crippen molar-refractivity contribution in [3.05, 3.63) is 35.9 Å². The van der Waals surface area contributed by atoms with Gasteiger partial charge in [0.1, 0.15) is 0 Å². The van der Waals surface area contributed by atoms with Crippen LogP contribution in [0.3, 0.4) is 0 Å². The fourth-order valence-electron chi connectivity index (χ4n) is 3.65. The summed E-state index contributed by atoms with van der Waals surface area (Å²) in [5.74, 6) is -5.23. The van der Waals surface area contributed by atoms with Gasteiger partial charge in [0.25, 0.3) is 0 Å². The van der Waals surface area contributed by atoms with Gasteiger partial charge in [-0.05, 0) is 12.0 Å². The average molecular weight is 386 g/mol. The van der Waals surface area contributed by atoms with Gasteiger partial charge in [-0.1, -0.05) is 51.1 Å². The molecule has 8 heteroatoms. The van der Waals surface area contributed by atoms with Gasteiger partial charge in [-0.25, -0.2) is 4.79 Å². The molecule has 1 unspecified atom stereocenters. The second-order valence-corrected chi connectivity index (χ2v) is 7.50. The Bertz CT molecular complexity index is 677. The summed E-state index contributed by atoms with van der Waals surface area (Å²) in [5, 5.41) is 11.9. The molecule has 1 heterocycles. The van der Waals surface area contributed by atoms with Gasteiger partial charge in [0, 0.05) is 24.5 Å². The number of rotatable bonds is 5. The van der Waals surface area contributed by atoms with Gasteiger partial charge in [-0.15, -0.1) is 0 Å². The van der Waals surface area contributed by atoms with Crippen LogP contribution in [0, 0.1) is 11.8 Å². The zero-order chi connectivity index (χ0) is 20.4. The number of carbonyl (C=O) groups is 2. The van der Waals surface area contributed by atoms with E-state index in [0.29, 0.717) is 6.42 Å². The lowest BCUT2D eigenvalue weighted by Gasteiger charge is -2.36. The second-order valence-electron chi connectivity index (χ2n) is 7.50. The van der Waals surface area contributed by atoms with Crippen LogP contribution in [0.2, 0.25) is 0 Å². The molecule has 1 fully saturated rings. The van der Waals surface area contributed by atoms with Crippen LogP contribution >= 0.6 is 0 Å². The number of nitrogens with one attached hydrogen (secondary N) is 1. The maximum absolute atomic E-state index is 13.1. The Morgan fingerprint density at radius 3 is 2.26 bits per heavy atom. The molecule has 0 saturated carbocycles. The van der Waals surface area contributed by atoms with Crippen LogP contribution in [0.4, 0.5) is 18.0 Å². The minimum Gasteiger partial charge on any atom is -0.481 e. The van der Waals surface area contributed by atoms with Crippen molar-refractivity contribution in [2.75, 3.05) is 13.1 Å². The largest absolute Gasteiger partial charge is 0.481 e. The first-order valence-corrected chi connectivity index (χ1v) is 8.89. The number of carboxylic acids is 1. The van der Waals surface area contributed by atoms with E-state index in [1.54, 1.807) is 0 Å². The second kappa shape index (κ2) is 7.78. The van der Waals surface area contributed by atoms with Crippen molar-refractivity contribution in [1.29, 1.82) is 0 Å². The molecule has 0 aliphatic carbocycles. The predicted octanol–water partition coefficient (Wildman–Crippen LogP) is 3.65. The summed E-state index contributed by atoms with van der Waals surface area (Å²) in [4.78, 5) is 24.7. The van der Waals surface area contributed by atoms with Gasteiger partial charge in [-0.3, -0.25) is 4.79 Å². The van der Waals surface area contributed by atoms with E-state index in [1.807, 2.05) is 51.1 Å². The number of halogens is 3. The number of nitrogens with zero attached hydrogens (tertiary/aromatic N) is 1. The average Bonchev–Trinajstić information content (AvgIpc) is 3.06. The lowest BCUT2D eigenvalue weighted by atomic mass is 9.76. The Morgan fingerprint density at radius 2 is 1.81 bits per heavy atom.